The molecule has 0 saturated carbocycles. The first-order valence-electron chi connectivity index (χ1n) is 7.09. The molecule has 0 aliphatic heterocycles. The van der Waals surface area contributed by atoms with Gasteiger partial charge in [0.2, 0.25) is 0 Å². The Bertz CT molecular complexity index is 664. The Kier molecular flexibility index (Phi) is 6.41. The quantitative estimate of drug-likeness (QED) is 0.656. The Morgan fingerprint density at radius 1 is 1.09 bits per heavy atom. The van der Waals surface area contributed by atoms with E-state index in [0.717, 1.165) is 16.9 Å². The molecular formula is C18H18N2O3. The van der Waals surface area contributed by atoms with Gasteiger partial charge in [-0.3, -0.25) is 0 Å². The standard InChI is InChI=1S/C18H18N2O3/c1-22-18(21)20-19-14-16-9-11-17(12-10-16)23-13-5-8-15-6-3-2-4-7-15/h2-12,14H,13H2,1H3,(H,20,21)/b8-5+,19-14-. The summed E-state index contributed by atoms with van der Waals surface area (Å²) in [6, 6.07) is 17.4. The van der Waals surface area contributed by atoms with Gasteiger partial charge in [0, 0.05) is 0 Å². The molecule has 0 fully saturated rings. The van der Waals surface area contributed by atoms with Crippen LogP contribution in [-0.2, 0) is 4.74 Å². The molecular weight excluding hydrogens is 292 g/mol. The average molecular weight is 310 g/mol. The lowest BCUT2D eigenvalue weighted by atomic mass is 10.2. The number of hydrogen-bond acceptors (Lipinski definition) is 4. The van der Waals surface area contributed by atoms with Crippen LogP contribution in [0.3, 0.4) is 0 Å². The molecule has 5 nitrogen and oxygen atoms in total. The Hall–Kier alpha value is -3.08. The van der Waals surface area contributed by atoms with Crippen LogP contribution in [0, 0.1) is 0 Å². The van der Waals surface area contributed by atoms with Crippen LogP contribution < -0.4 is 10.2 Å². The third-order valence-electron chi connectivity index (χ3n) is 2.89. The SMILES string of the molecule is COC(=O)N/N=C\c1ccc(OC/C=C/c2ccccc2)cc1. The number of nitrogens with one attached hydrogen (secondary N) is 1. The van der Waals surface area contributed by atoms with E-state index in [1.807, 2.05) is 66.7 Å². The van der Waals surface area contributed by atoms with Gasteiger partial charge in [-0.05, 0) is 41.5 Å². The number of benzene rings is 2. The number of hydrogen-bond donors (Lipinski definition) is 1. The van der Waals surface area contributed by atoms with E-state index >= 15 is 0 Å². The lowest BCUT2D eigenvalue weighted by Gasteiger charge is -2.03. The van der Waals surface area contributed by atoms with Crippen LogP contribution in [0.5, 0.6) is 5.75 Å². The molecule has 1 N–H and O–H groups in total. The number of carbonyl (C=O) groups is 1. The van der Waals surface area contributed by atoms with E-state index in [2.05, 4.69) is 15.3 Å². The van der Waals surface area contributed by atoms with Crippen molar-refractivity contribution in [2.24, 2.45) is 5.10 Å². The van der Waals surface area contributed by atoms with E-state index in [9.17, 15) is 4.79 Å². The van der Waals surface area contributed by atoms with E-state index in [4.69, 9.17) is 4.74 Å². The van der Waals surface area contributed by atoms with Gasteiger partial charge in [0.25, 0.3) is 0 Å². The van der Waals surface area contributed by atoms with Gasteiger partial charge in [0.05, 0.1) is 13.3 Å². The molecule has 0 bridgehead atoms. The number of methoxy groups -OCH3 is 1. The maximum absolute atomic E-state index is 10.8. The van der Waals surface area contributed by atoms with Crippen molar-refractivity contribution in [3.63, 3.8) is 0 Å². The highest BCUT2D eigenvalue weighted by Crippen LogP contribution is 2.11. The number of amides is 1. The maximum Gasteiger partial charge on any atom is 0.427 e. The highest BCUT2D eigenvalue weighted by Gasteiger charge is 1.95. The molecule has 0 spiro atoms. The Balaban J connectivity index is 1.78. The third-order valence-corrected chi connectivity index (χ3v) is 2.89. The first kappa shape index (κ1) is 16.3. The molecule has 2 rings (SSSR count). The van der Waals surface area contributed by atoms with Gasteiger partial charge < -0.3 is 9.47 Å². The van der Waals surface area contributed by atoms with Crippen molar-refractivity contribution in [3.05, 3.63) is 71.8 Å². The molecule has 0 saturated heterocycles. The summed E-state index contributed by atoms with van der Waals surface area (Å²) in [5.74, 6) is 0.765. The fourth-order valence-corrected chi connectivity index (χ4v) is 1.75. The van der Waals surface area contributed by atoms with Crippen LogP contribution in [0.1, 0.15) is 11.1 Å². The van der Waals surface area contributed by atoms with Crippen molar-refractivity contribution in [1.29, 1.82) is 0 Å². The number of rotatable bonds is 6. The van der Waals surface area contributed by atoms with E-state index in [-0.39, 0.29) is 0 Å². The second-order valence-electron chi connectivity index (χ2n) is 4.55. The Labute approximate surface area is 135 Å². The summed E-state index contributed by atoms with van der Waals surface area (Å²) in [6.07, 6.45) is 4.90. The molecule has 0 unspecified atom stereocenters. The monoisotopic (exact) mass is 310 g/mol. The Morgan fingerprint density at radius 2 is 1.83 bits per heavy atom. The van der Waals surface area contributed by atoms with Crippen LogP contribution in [0.15, 0.2) is 65.8 Å². The molecule has 0 heterocycles. The van der Waals surface area contributed by atoms with E-state index in [1.165, 1.54) is 13.3 Å². The van der Waals surface area contributed by atoms with Crippen molar-refractivity contribution in [2.45, 2.75) is 0 Å². The lowest BCUT2D eigenvalue weighted by molar-refractivity contribution is 0.171. The maximum atomic E-state index is 10.8. The normalized spacial score (nSPS) is 10.8. The third kappa shape index (κ3) is 6.05. The second-order valence-corrected chi connectivity index (χ2v) is 4.55. The zero-order valence-electron chi connectivity index (χ0n) is 12.8. The molecule has 118 valence electrons. The van der Waals surface area contributed by atoms with Crippen LogP contribution in [-0.4, -0.2) is 26.0 Å². The van der Waals surface area contributed by atoms with Gasteiger partial charge in [0.1, 0.15) is 12.4 Å². The highest BCUT2D eigenvalue weighted by molar-refractivity contribution is 5.80. The van der Waals surface area contributed by atoms with Gasteiger partial charge in [-0.1, -0.05) is 36.4 Å². The summed E-state index contributed by atoms with van der Waals surface area (Å²) in [7, 11) is 1.28. The van der Waals surface area contributed by atoms with Crippen molar-refractivity contribution in [1.82, 2.24) is 5.43 Å². The van der Waals surface area contributed by atoms with Gasteiger partial charge >= 0.3 is 6.09 Å². The molecule has 0 radical (unpaired) electrons. The topological polar surface area (TPSA) is 59.9 Å². The Morgan fingerprint density at radius 3 is 2.52 bits per heavy atom. The fraction of sp³-hybridized carbons (Fsp3) is 0.111. The summed E-state index contributed by atoms with van der Waals surface area (Å²) >= 11 is 0. The predicted molar refractivity (Wildman–Crippen MR) is 90.5 cm³/mol. The molecule has 1 amide bonds. The zero-order valence-corrected chi connectivity index (χ0v) is 12.8. The molecule has 0 aromatic heterocycles. The lowest BCUT2D eigenvalue weighted by Crippen LogP contribution is -2.16. The van der Waals surface area contributed by atoms with Crippen LogP contribution in [0.4, 0.5) is 4.79 Å². The molecule has 2 aromatic carbocycles. The minimum Gasteiger partial charge on any atom is -0.490 e. The molecule has 5 heteroatoms. The summed E-state index contributed by atoms with van der Waals surface area (Å²) in [5, 5.41) is 3.75. The first-order valence-corrected chi connectivity index (χ1v) is 7.09. The molecule has 0 atom stereocenters. The van der Waals surface area contributed by atoms with Gasteiger partial charge in [-0.25, -0.2) is 10.2 Å². The minimum atomic E-state index is -0.605. The van der Waals surface area contributed by atoms with E-state index in [0.29, 0.717) is 6.61 Å². The predicted octanol–water partition coefficient (Wildman–Crippen LogP) is 3.47. The second kappa shape index (κ2) is 9.04. The van der Waals surface area contributed by atoms with Crippen molar-refractivity contribution >= 4 is 18.4 Å². The number of carbonyl (C=O) groups excluding carboxylic acids is 1. The average Bonchev–Trinajstić information content (AvgIpc) is 2.60. The van der Waals surface area contributed by atoms with Gasteiger partial charge in [-0.2, -0.15) is 5.10 Å². The largest absolute Gasteiger partial charge is 0.490 e. The van der Waals surface area contributed by atoms with E-state index < -0.39 is 6.09 Å². The van der Waals surface area contributed by atoms with Gasteiger partial charge in [0.15, 0.2) is 0 Å². The minimum absolute atomic E-state index is 0.492. The molecule has 0 aliphatic carbocycles. The zero-order chi connectivity index (χ0) is 16.3. The number of hydrazone groups is 1. The molecule has 23 heavy (non-hydrogen) atoms. The van der Waals surface area contributed by atoms with Crippen LogP contribution in [0.2, 0.25) is 0 Å². The molecule has 0 aliphatic rings. The smallest absolute Gasteiger partial charge is 0.427 e. The summed E-state index contributed by atoms with van der Waals surface area (Å²) < 4.78 is 10.0. The highest BCUT2D eigenvalue weighted by atomic mass is 16.5. The van der Waals surface area contributed by atoms with Crippen molar-refractivity contribution in [3.8, 4) is 5.75 Å². The first-order chi connectivity index (χ1) is 11.3. The summed E-state index contributed by atoms with van der Waals surface area (Å²) in [6.45, 7) is 0.492. The van der Waals surface area contributed by atoms with Crippen LogP contribution >= 0.6 is 0 Å². The van der Waals surface area contributed by atoms with Gasteiger partial charge in [-0.15, -0.1) is 0 Å². The van der Waals surface area contributed by atoms with Crippen molar-refractivity contribution in [2.75, 3.05) is 13.7 Å². The van der Waals surface area contributed by atoms with Crippen LogP contribution in [0.25, 0.3) is 6.08 Å². The number of ether oxygens (including phenoxy) is 2. The summed E-state index contributed by atoms with van der Waals surface area (Å²) in [5.41, 5.74) is 4.20. The molecule has 2 aromatic rings. The fourth-order valence-electron chi connectivity index (χ4n) is 1.75. The van der Waals surface area contributed by atoms with E-state index in [1.54, 1.807) is 0 Å². The van der Waals surface area contributed by atoms with Crippen molar-refractivity contribution < 1.29 is 14.3 Å². The summed E-state index contributed by atoms with van der Waals surface area (Å²) in [4.78, 5) is 10.8. The number of nitrogens with zero attached hydrogens (tertiary/aromatic N) is 1.